The van der Waals surface area contributed by atoms with Gasteiger partial charge in [0.2, 0.25) is 16.2 Å². The van der Waals surface area contributed by atoms with Crippen LogP contribution in [0.2, 0.25) is 0 Å². The average Bonchev–Trinajstić information content (AvgIpc) is 3.38. The molecule has 1 amide bonds. The summed E-state index contributed by atoms with van der Waals surface area (Å²) in [5, 5.41) is 13.8. The lowest BCUT2D eigenvalue weighted by molar-refractivity contribution is -0.125. The van der Waals surface area contributed by atoms with E-state index in [2.05, 4.69) is 55.9 Å². The summed E-state index contributed by atoms with van der Waals surface area (Å²) in [7, 11) is 0. The van der Waals surface area contributed by atoms with Gasteiger partial charge in [0.25, 0.3) is 0 Å². The summed E-state index contributed by atoms with van der Waals surface area (Å²) in [6, 6.07) is 4.19. The molecule has 2 fully saturated rings. The summed E-state index contributed by atoms with van der Waals surface area (Å²) in [6.45, 7) is 11.2. The summed E-state index contributed by atoms with van der Waals surface area (Å²) >= 11 is 1.60. The van der Waals surface area contributed by atoms with Crippen LogP contribution in [0.4, 0.5) is 5.13 Å². The second kappa shape index (κ2) is 9.89. The number of nitrogens with one attached hydrogen (secondary N) is 1. The maximum Gasteiger partial charge on any atom is 0.224 e. The normalized spacial score (nSPS) is 20.5. The highest BCUT2D eigenvalue weighted by Crippen LogP contribution is 2.29. The van der Waals surface area contributed by atoms with Crippen molar-refractivity contribution in [3.8, 4) is 5.13 Å². The fourth-order valence-electron chi connectivity index (χ4n) is 4.24. The van der Waals surface area contributed by atoms with Crippen LogP contribution >= 0.6 is 11.3 Å². The molecule has 2 saturated heterocycles. The molecule has 4 heterocycles. The molecule has 2 aliphatic heterocycles. The number of aryl methyl sites for hydroxylation is 2. The van der Waals surface area contributed by atoms with Crippen LogP contribution in [-0.2, 0) is 9.53 Å². The third-order valence-corrected chi connectivity index (χ3v) is 6.95. The van der Waals surface area contributed by atoms with Gasteiger partial charge in [-0.2, -0.15) is 0 Å². The van der Waals surface area contributed by atoms with Crippen LogP contribution in [-0.4, -0.2) is 78.1 Å². The zero-order valence-electron chi connectivity index (χ0n) is 18.0. The maximum atomic E-state index is 12.7. The van der Waals surface area contributed by atoms with Gasteiger partial charge in [0.1, 0.15) is 0 Å². The average molecular weight is 433 g/mol. The van der Waals surface area contributed by atoms with E-state index in [0.717, 1.165) is 86.9 Å². The molecule has 9 heteroatoms. The van der Waals surface area contributed by atoms with E-state index >= 15 is 0 Å². The largest absolute Gasteiger partial charge is 0.379 e. The third-order valence-electron chi connectivity index (χ3n) is 5.98. The van der Waals surface area contributed by atoms with Gasteiger partial charge in [-0.15, -0.1) is 10.2 Å². The smallest absolute Gasteiger partial charge is 0.224 e. The number of carbonyl (C=O) groups excluding carboxylic acids is 1. The standard InChI is InChI=1S/C21H32N6O2S/c1-16-6-7-17(2)27(16)21-24-23-20(30-21)26-10-3-5-18(15-26)19(28)22-8-4-9-25-11-13-29-14-12-25/h6-7,18H,3-5,8-15H2,1-2H3,(H,22,28)/t18-/m1/s1. The summed E-state index contributed by atoms with van der Waals surface area (Å²) in [5.74, 6) is 0.188. The van der Waals surface area contributed by atoms with Crippen LogP contribution in [0.3, 0.4) is 0 Å². The second-order valence-corrected chi connectivity index (χ2v) is 9.14. The Morgan fingerprint density at radius 3 is 2.67 bits per heavy atom. The predicted octanol–water partition coefficient (Wildman–Crippen LogP) is 2.00. The zero-order valence-corrected chi connectivity index (χ0v) is 18.8. The molecule has 2 aromatic rings. The highest BCUT2D eigenvalue weighted by molar-refractivity contribution is 7.17. The van der Waals surface area contributed by atoms with E-state index in [9.17, 15) is 4.79 Å². The molecule has 2 aromatic heterocycles. The van der Waals surface area contributed by atoms with Gasteiger partial charge in [-0.1, -0.05) is 11.3 Å². The zero-order chi connectivity index (χ0) is 20.9. The number of aromatic nitrogens is 3. The minimum Gasteiger partial charge on any atom is -0.379 e. The Kier molecular flexibility index (Phi) is 7.01. The SMILES string of the molecule is Cc1ccc(C)n1-c1nnc(N2CCC[C@@H](C(=O)NCCCN3CCOCC3)C2)s1. The number of morpholine rings is 1. The lowest BCUT2D eigenvalue weighted by Crippen LogP contribution is -2.44. The molecule has 0 aromatic carbocycles. The Hall–Kier alpha value is -1.97. The van der Waals surface area contributed by atoms with E-state index in [-0.39, 0.29) is 11.8 Å². The number of hydrogen-bond donors (Lipinski definition) is 1. The molecule has 164 valence electrons. The Morgan fingerprint density at radius 2 is 1.90 bits per heavy atom. The molecule has 30 heavy (non-hydrogen) atoms. The molecule has 2 aliphatic rings. The Balaban J connectivity index is 1.27. The van der Waals surface area contributed by atoms with E-state index in [0.29, 0.717) is 6.54 Å². The maximum absolute atomic E-state index is 12.7. The van der Waals surface area contributed by atoms with Crippen molar-refractivity contribution in [3.05, 3.63) is 23.5 Å². The fourth-order valence-corrected chi connectivity index (χ4v) is 5.25. The summed E-state index contributed by atoms with van der Waals surface area (Å²) < 4.78 is 7.51. The number of anilines is 1. The van der Waals surface area contributed by atoms with E-state index < -0.39 is 0 Å². The van der Waals surface area contributed by atoms with E-state index in [1.165, 1.54) is 0 Å². The second-order valence-electron chi connectivity index (χ2n) is 8.20. The van der Waals surface area contributed by atoms with Crippen molar-refractivity contribution in [2.24, 2.45) is 5.92 Å². The van der Waals surface area contributed by atoms with E-state index in [4.69, 9.17) is 4.74 Å². The minimum absolute atomic E-state index is 0.0181. The topological polar surface area (TPSA) is 75.5 Å². The van der Waals surface area contributed by atoms with Gasteiger partial charge in [0.15, 0.2) is 0 Å². The Morgan fingerprint density at radius 1 is 1.17 bits per heavy atom. The van der Waals surface area contributed by atoms with Crippen molar-refractivity contribution < 1.29 is 9.53 Å². The summed E-state index contributed by atoms with van der Waals surface area (Å²) in [6.07, 6.45) is 2.92. The van der Waals surface area contributed by atoms with Gasteiger partial charge in [0, 0.05) is 44.1 Å². The number of carbonyl (C=O) groups is 1. The van der Waals surface area contributed by atoms with Gasteiger partial charge in [-0.05, 0) is 51.8 Å². The number of piperidine rings is 1. The monoisotopic (exact) mass is 432 g/mol. The molecule has 1 atom stereocenters. The molecule has 0 unspecified atom stereocenters. The molecule has 0 spiro atoms. The highest BCUT2D eigenvalue weighted by atomic mass is 32.1. The number of rotatable bonds is 7. The van der Waals surface area contributed by atoms with Crippen LogP contribution in [0.5, 0.6) is 0 Å². The van der Waals surface area contributed by atoms with Crippen LogP contribution in [0.25, 0.3) is 5.13 Å². The fraction of sp³-hybridized carbons (Fsp3) is 0.667. The Labute approximate surface area is 182 Å². The molecule has 4 rings (SSSR count). The first kappa shape index (κ1) is 21.3. The number of ether oxygens (including phenoxy) is 1. The van der Waals surface area contributed by atoms with Crippen molar-refractivity contribution in [1.82, 2.24) is 25.0 Å². The van der Waals surface area contributed by atoms with Crippen molar-refractivity contribution >= 4 is 22.4 Å². The molecule has 0 bridgehead atoms. The molecular weight excluding hydrogens is 400 g/mol. The van der Waals surface area contributed by atoms with E-state index in [1.54, 1.807) is 11.3 Å². The first-order chi connectivity index (χ1) is 14.6. The third kappa shape index (κ3) is 5.01. The molecule has 1 N–H and O–H groups in total. The predicted molar refractivity (Wildman–Crippen MR) is 119 cm³/mol. The first-order valence-corrected chi connectivity index (χ1v) is 11.7. The Bertz CT molecular complexity index is 825. The summed E-state index contributed by atoms with van der Waals surface area (Å²) in [5.41, 5.74) is 2.31. The van der Waals surface area contributed by atoms with Crippen LogP contribution in [0.1, 0.15) is 30.7 Å². The van der Waals surface area contributed by atoms with Gasteiger partial charge in [-0.3, -0.25) is 14.3 Å². The molecule has 0 radical (unpaired) electrons. The van der Waals surface area contributed by atoms with Crippen molar-refractivity contribution in [3.63, 3.8) is 0 Å². The van der Waals surface area contributed by atoms with Gasteiger partial charge in [-0.25, -0.2) is 0 Å². The lowest BCUT2D eigenvalue weighted by Gasteiger charge is -2.31. The molecular formula is C21H32N6O2S. The molecule has 0 aliphatic carbocycles. The van der Waals surface area contributed by atoms with Crippen molar-refractivity contribution in [2.45, 2.75) is 33.1 Å². The molecule has 8 nitrogen and oxygen atoms in total. The van der Waals surface area contributed by atoms with Crippen LogP contribution in [0, 0.1) is 19.8 Å². The van der Waals surface area contributed by atoms with Gasteiger partial charge in [0.05, 0.1) is 19.1 Å². The number of nitrogens with zero attached hydrogens (tertiary/aromatic N) is 5. The van der Waals surface area contributed by atoms with Crippen molar-refractivity contribution in [2.75, 3.05) is 57.4 Å². The van der Waals surface area contributed by atoms with Crippen LogP contribution in [0.15, 0.2) is 12.1 Å². The molecule has 0 saturated carbocycles. The van der Waals surface area contributed by atoms with Gasteiger partial charge < -0.3 is 15.0 Å². The highest BCUT2D eigenvalue weighted by Gasteiger charge is 2.28. The summed E-state index contributed by atoms with van der Waals surface area (Å²) in [4.78, 5) is 17.3. The minimum atomic E-state index is 0.0181. The van der Waals surface area contributed by atoms with Gasteiger partial charge >= 0.3 is 0 Å². The van der Waals surface area contributed by atoms with E-state index in [1.807, 2.05) is 0 Å². The van der Waals surface area contributed by atoms with Crippen molar-refractivity contribution in [1.29, 1.82) is 0 Å². The first-order valence-electron chi connectivity index (χ1n) is 10.9. The number of hydrogen-bond acceptors (Lipinski definition) is 7. The lowest BCUT2D eigenvalue weighted by atomic mass is 9.97. The number of amides is 1. The quantitative estimate of drug-likeness (QED) is 0.675. The van der Waals surface area contributed by atoms with Crippen LogP contribution < -0.4 is 10.2 Å².